The summed E-state index contributed by atoms with van der Waals surface area (Å²) >= 11 is 1.95. The molecule has 2 aromatic heterocycles. The van der Waals surface area contributed by atoms with Gasteiger partial charge in [0.1, 0.15) is 0 Å². The number of hydrogen-bond acceptors (Lipinski definition) is 1. The van der Waals surface area contributed by atoms with Gasteiger partial charge in [-0.3, -0.25) is 0 Å². The molecule has 2 aliphatic carbocycles. The fourth-order valence-electron chi connectivity index (χ4n) is 6.82. The zero-order valence-corrected chi connectivity index (χ0v) is 20.7. The summed E-state index contributed by atoms with van der Waals surface area (Å²) < 4.78 is 5.42. The summed E-state index contributed by atoms with van der Waals surface area (Å²) in [5, 5.41) is 2.78. The molecule has 34 heavy (non-hydrogen) atoms. The van der Waals surface area contributed by atoms with Gasteiger partial charge in [-0.15, -0.1) is 11.3 Å². The Bertz CT molecular complexity index is 1430. The average Bonchev–Trinajstić information content (AvgIpc) is 3.44. The second-order valence-electron chi connectivity index (χ2n) is 10.7. The maximum Gasteiger partial charge on any atom is 0.0727 e. The molecule has 0 aliphatic heterocycles. The molecule has 0 unspecified atom stereocenters. The fraction of sp³-hybridized carbons (Fsp3) is 0.375. The monoisotopic (exact) mass is 463 g/mol. The van der Waals surface area contributed by atoms with Gasteiger partial charge in [0.2, 0.25) is 0 Å². The molecule has 2 heteroatoms. The molecule has 2 aliphatic rings. The van der Waals surface area contributed by atoms with Crippen molar-refractivity contribution in [2.75, 3.05) is 0 Å². The Morgan fingerprint density at radius 1 is 0.618 bits per heavy atom. The normalized spacial score (nSPS) is 18.4. The summed E-state index contributed by atoms with van der Waals surface area (Å²) in [6.45, 7) is 0. The summed E-state index contributed by atoms with van der Waals surface area (Å²) in [5.74, 6) is 1.46. The van der Waals surface area contributed by atoms with Crippen molar-refractivity contribution in [3.8, 4) is 5.69 Å². The quantitative estimate of drug-likeness (QED) is 0.251. The number of para-hydroxylation sites is 1. The van der Waals surface area contributed by atoms with E-state index in [1.54, 1.807) is 11.1 Å². The van der Waals surface area contributed by atoms with Crippen molar-refractivity contribution >= 4 is 42.5 Å². The third kappa shape index (κ3) is 3.41. The van der Waals surface area contributed by atoms with Gasteiger partial charge in [-0.1, -0.05) is 81.0 Å². The number of nitrogens with zero attached hydrogens (tertiary/aromatic N) is 1. The SMILES string of the molecule is c1ccc2c(c1)sc1c3ccccc3n(-c3cc(C4CCCCC4)cc(C4CCCCC4)c3)c21. The van der Waals surface area contributed by atoms with Crippen molar-refractivity contribution in [1.82, 2.24) is 4.57 Å². The molecule has 2 saturated carbocycles. The second-order valence-corrected chi connectivity index (χ2v) is 11.7. The van der Waals surface area contributed by atoms with Gasteiger partial charge in [0.25, 0.3) is 0 Å². The highest BCUT2D eigenvalue weighted by Gasteiger charge is 2.23. The van der Waals surface area contributed by atoms with E-state index in [1.807, 2.05) is 11.3 Å². The zero-order valence-electron chi connectivity index (χ0n) is 19.9. The summed E-state index contributed by atoms with van der Waals surface area (Å²) in [6, 6.07) is 25.7. The first-order chi connectivity index (χ1) is 16.9. The minimum Gasteiger partial charge on any atom is -0.308 e. The largest absolute Gasteiger partial charge is 0.308 e. The molecular weight excluding hydrogens is 430 g/mol. The van der Waals surface area contributed by atoms with E-state index in [-0.39, 0.29) is 0 Å². The number of hydrogen-bond donors (Lipinski definition) is 0. The molecule has 0 radical (unpaired) electrons. The minimum atomic E-state index is 0.729. The number of aromatic nitrogens is 1. The molecule has 0 bridgehead atoms. The molecule has 0 N–H and O–H groups in total. The van der Waals surface area contributed by atoms with Crippen molar-refractivity contribution in [2.45, 2.75) is 76.0 Å². The average molecular weight is 464 g/mol. The maximum absolute atomic E-state index is 2.62. The van der Waals surface area contributed by atoms with Crippen LogP contribution in [-0.4, -0.2) is 4.57 Å². The summed E-state index contributed by atoms with van der Waals surface area (Å²) in [6.07, 6.45) is 13.8. The van der Waals surface area contributed by atoms with Gasteiger partial charge in [-0.25, -0.2) is 0 Å². The molecule has 5 aromatic rings. The van der Waals surface area contributed by atoms with E-state index in [9.17, 15) is 0 Å². The lowest BCUT2D eigenvalue weighted by molar-refractivity contribution is 0.435. The molecule has 1 nitrogen and oxygen atoms in total. The van der Waals surface area contributed by atoms with Gasteiger partial charge in [0, 0.05) is 21.2 Å². The maximum atomic E-state index is 2.62. The lowest BCUT2D eigenvalue weighted by Crippen LogP contribution is -2.10. The molecule has 0 amide bonds. The van der Waals surface area contributed by atoms with Gasteiger partial charge in [0.15, 0.2) is 0 Å². The first-order valence-electron chi connectivity index (χ1n) is 13.4. The molecule has 0 atom stereocenters. The van der Waals surface area contributed by atoms with Crippen LogP contribution in [0, 0.1) is 0 Å². The van der Waals surface area contributed by atoms with Crippen LogP contribution in [0.4, 0.5) is 0 Å². The van der Waals surface area contributed by atoms with Crippen LogP contribution >= 0.6 is 11.3 Å². The van der Waals surface area contributed by atoms with Crippen molar-refractivity contribution in [3.63, 3.8) is 0 Å². The van der Waals surface area contributed by atoms with Crippen LogP contribution in [0.3, 0.4) is 0 Å². The first-order valence-corrected chi connectivity index (χ1v) is 14.2. The Hall–Kier alpha value is -2.58. The summed E-state index contributed by atoms with van der Waals surface area (Å²) in [7, 11) is 0. The summed E-state index contributed by atoms with van der Waals surface area (Å²) in [4.78, 5) is 0. The molecule has 3 aromatic carbocycles. The van der Waals surface area contributed by atoms with Crippen LogP contribution in [0.15, 0.2) is 66.7 Å². The van der Waals surface area contributed by atoms with Crippen LogP contribution in [0.25, 0.3) is 36.9 Å². The van der Waals surface area contributed by atoms with E-state index in [1.165, 1.54) is 101 Å². The van der Waals surface area contributed by atoms with Crippen molar-refractivity contribution in [3.05, 3.63) is 77.9 Å². The van der Waals surface area contributed by atoms with E-state index in [4.69, 9.17) is 0 Å². The lowest BCUT2D eigenvalue weighted by Gasteiger charge is -2.27. The van der Waals surface area contributed by atoms with E-state index >= 15 is 0 Å². The Kier molecular flexibility index (Phi) is 5.24. The Labute approximate surface area is 206 Å². The molecule has 0 saturated heterocycles. The molecule has 2 fully saturated rings. The van der Waals surface area contributed by atoms with Crippen molar-refractivity contribution in [2.24, 2.45) is 0 Å². The number of rotatable bonds is 3. The smallest absolute Gasteiger partial charge is 0.0727 e. The highest BCUT2D eigenvalue weighted by Crippen LogP contribution is 2.44. The predicted molar refractivity (Wildman–Crippen MR) is 148 cm³/mol. The second kappa shape index (κ2) is 8.57. The van der Waals surface area contributed by atoms with Gasteiger partial charge in [0.05, 0.1) is 15.7 Å². The van der Waals surface area contributed by atoms with E-state index < -0.39 is 0 Å². The summed E-state index contributed by atoms with van der Waals surface area (Å²) in [5.41, 5.74) is 7.34. The predicted octanol–water partition coefficient (Wildman–Crippen LogP) is 10.1. The minimum absolute atomic E-state index is 0.729. The highest BCUT2D eigenvalue weighted by molar-refractivity contribution is 7.26. The zero-order chi connectivity index (χ0) is 22.5. The Balaban J connectivity index is 1.50. The van der Waals surface area contributed by atoms with E-state index in [0.29, 0.717) is 0 Å². The standard InChI is InChI=1S/C32H33NS/c1-3-11-22(12-4-1)24-19-25(23-13-5-2-6-14-23)21-26(20-24)33-29-17-9-7-15-27(29)32-31(33)28-16-8-10-18-30(28)34-32/h7-10,15-23H,1-6,11-14H2. The van der Waals surface area contributed by atoms with E-state index in [0.717, 1.165) is 11.8 Å². The van der Waals surface area contributed by atoms with Crippen LogP contribution in [0.5, 0.6) is 0 Å². The molecule has 2 heterocycles. The molecular formula is C32H33NS. The molecule has 172 valence electrons. The highest BCUT2D eigenvalue weighted by atomic mass is 32.1. The van der Waals surface area contributed by atoms with Crippen molar-refractivity contribution in [1.29, 1.82) is 0 Å². The van der Waals surface area contributed by atoms with Crippen molar-refractivity contribution < 1.29 is 0 Å². The third-order valence-electron chi connectivity index (χ3n) is 8.56. The van der Waals surface area contributed by atoms with Crippen LogP contribution in [0.1, 0.15) is 87.2 Å². The van der Waals surface area contributed by atoms with Crippen LogP contribution in [0.2, 0.25) is 0 Å². The van der Waals surface area contributed by atoms with Gasteiger partial charge in [-0.2, -0.15) is 0 Å². The van der Waals surface area contributed by atoms with E-state index in [2.05, 4.69) is 71.3 Å². The van der Waals surface area contributed by atoms with Crippen LogP contribution in [-0.2, 0) is 0 Å². The number of fused-ring (bicyclic) bond motifs is 5. The Morgan fingerprint density at radius 2 is 1.21 bits per heavy atom. The number of thiophene rings is 1. The Morgan fingerprint density at radius 3 is 1.88 bits per heavy atom. The first kappa shape index (κ1) is 20.8. The fourth-order valence-corrected chi connectivity index (χ4v) is 8.04. The third-order valence-corrected chi connectivity index (χ3v) is 9.75. The molecule has 7 rings (SSSR count). The van der Waals surface area contributed by atoms with Gasteiger partial charge in [-0.05, 0) is 72.9 Å². The molecule has 0 spiro atoms. The number of benzene rings is 3. The van der Waals surface area contributed by atoms with Gasteiger partial charge < -0.3 is 4.57 Å². The topological polar surface area (TPSA) is 4.93 Å². The van der Waals surface area contributed by atoms with Crippen LogP contribution < -0.4 is 0 Å². The lowest BCUT2D eigenvalue weighted by atomic mass is 9.79. The van der Waals surface area contributed by atoms with Gasteiger partial charge >= 0.3 is 0 Å².